The normalized spacial score (nSPS) is 16.2. The quantitative estimate of drug-likeness (QED) is 0.678. The molecule has 0 saturated heterocycles. The largest absolute Gasteiger partial charge is 0.383 e. The van der Waals surface area contributed by atoms with E-state index in [1.54, 1.807) is 13.0 Å². The Hall–Kier alpha value is -0.640. The first kappa shape index (κ1) is 12.4. The van der Waals surface area contributed by atoms with Gasteiger partial charge < -0.3 is 4.74 Å². The predicted molar refractivity (Wildman–Crippen MR) is 48.5 cm³/mol. The van der Waals surface area contributed by atoms with Crippen molar-refractivity contribution in [3.05, 3.63) is 0 Å². The molecule has 2 unspecified atom stereocenters. The summed E-state index contributed by atoms with van der Waals surface area (Å²) < 4.78 is 29.6. The highest BCUT2D eigenvalue weighted by Crippen LogP contribution is 1.98. The second-order valence-corrected chi connectivity index (χ2v) is 4.82. The van der Waals surface area contributed by atoms with Crippen LogP contribution in [0.3, 0.4) is 0 Å². The van der Waals surface area contributed by atoms with Gasteiger partial charge >= 0.3 is 0 Å². The molecule has 0 saturated carbocycles. The van der Waals surface area contributed by atoms with Crippen molar-refractivity contribution in [1.29, 1.82) is 5.26 Å². The second kappa shape index (κ2) is 5.17. The molecule has 0 amide bonds. The zero-order chi connectivity index (χ0) is 10.5. The summed E-state index contributed by atoms with van der Waals surface area (Å²) in [6.45, 7) is 3.30. The van der Waals surface area contributed by atoms with Gasteiger partial charge in [-0.3, -0.25) is 0 Å². The number of sulfonamides is 1. The summed E-state index contributed by atoms with van der Waals surface area (Å²) in [6.07, 6.45) is 0. The van der Waals surface area contributed by atoms with Gasteiger partial charge in [-0.15, -0.1) is 0 Å². The zero-order valence-corrected chi connectivity index (χ0v) is 8.76. The molecule has 0 aromatic rings. The van der Waals surface area contributed by atoms with E-state index in [2.05, 4.69) is 4.72 Å². The number of nitrogens with one attached hydrogen (secondary N) is 1. The summed E-state index contributed by atoms with van der Waals surface area (Å²) in [5, 5.41) is 7.38. The standard InChI is InChI=1S/C7H14N2O3S/c1-6(5-12-3)9-13(10,11)7(2)4-8/h6-7,9H,5H2,1-3H3. The summed E-state index contributed by atoms with van der Waals surface area (Å²) in [5.41, 5.74) is 0. The average Bonchev–Trinajstić information content (AvgIpc) is 2.02. The average molecular weight is 206 g/mol. The number of rotatable bonds is 5. The minimum atomic E-state index is -3.52. The maximum absolute atomic E-state index is 11.3. The van der Waals surface area contributed by atoms with E-state index in [9.17, 15) is 8.42 Å². The molecule has 0 heterocycles. The molecule has 0 spiro atoms. The highest BCUT2D eigenvalue weighted by atomic mass is 32.2. The van der Waals surface area contributed by atoms with E-state index in [1.165, 1.54) is 14.0 Å². The zero-order valence-electron chi connectivity index (χ0n) is 7.94. The second-order valence-electron chi connectivity index (χ2n) is 2.79. The number of methoxy groups -OCH3 is 1. The molecule has 5 nitrogen and oxygen atoms in total. The van der Waals surface area contributed by atoms with Crippen LogP contribution in [0.15, 0.2) is 0 Å². The Morgan fingerprint density at radius 2 is 2.08 bits per heavy atom. The van der Waals surface area contributed by atoms with Crippen molar-refractivity contribution in [1.82, 2.24) is 4.72 Å². The Labute approximate surface area is 78.7 Å². The van der Waals surface area contributed by atoms with Crippen LogP contribution in [0, 0.1) is 11.3 Å². The number of hydrogen-bond donors (Lipinski definition) is 1. The summed E-state index contributed by atoms with van der Waals surface area (Å²) in [7, 11) is -2.04. The van der Waals surface area contributed by atoms with E-state index in [4.69, 9.17) is 10.00 Å². The van der Waals surface area contributed by atoms with E-state index in [-0.39, 0.29) is 12.6 Å². The number of hydrogen-bond acceptors (Lipinski definition) is 4. The van der Waals surface area contributed by atoms with Crippen LogP contribution in [0.25, 0.3) is 0 Å². The van der Waals surface area contributed by atoms with E-state index in [1.807, 2.05) is 0 Å². The van der Waals surface area contributed by atoms with Crippen molar-refractivity contribution in [2.24, 2.45) is 0 Å². The minimum absolute atomic E-state index is 0.289. The molecular weight excluding hydrogens is 192 g/mol. The lowest BCUT2D eigenvalue weighted by Gasteiger charge is -2.13. The van der Waals surface area contributed by atoms with Gasteiger partial charge in [-0.05, 0) is 13.8 Å². The van der Waals surface area contributed by atoms with Crippen LogP contribution in [0.2, 0.25) is 0 Å². The first-order valence-corrected chi connectivity index (χ1v) is 5.38. The van der Waals surface area contributed by atoms with Crippen molar-refractivity contribution < 1.29 is 13.2 Å². The topological polar surface area (TPSA) is 79.2 Å². The predicted octanol–water partition coefficient (Wildman–Crippen LogP) is -0.147. The molecule has 0 aliphatic carbocycles. The van der Waals surface area contributed by atoms with Crippen LogP contribution in [-0.2, 0) is 14.8 Å². The van der Waals surface area contributed by atoms with Crippen molar-refractivity contribution in [2.45, 2.75) is 25.1 Å². The van der Waals surface area contributed by atoms with Crippen molar-refractivity contribution in [2.75, 3.05) is 13.7 Å². The van der Waals surface area contributed by atoms with Crippen molar-refractivity contribution in [3.63, 3.8) is 0 Å². The number of ether oxygens (including phenoxy) is 1. The minimum Gasteiger partial charge on any atom is -0.383 e. The molecule has 0 bridgehead atoms. The SMILES string of the molecule is COCC(C)NS(=O)(=O)C(C)C#N. The van der Waals surface area contributed by atoms with Gasteiger partial charge in [-0.2, -0.15) is 5.26 Å². The van der Waals surface area contributed by atoms with Gasteiger partial charge in [0.05, 0.1) is 12.7 Å². The van der Waals surface area contributed by atoms with E-state index < -0.39 is 15.3 Å². The molecule has 76 valence electrons. The van der Waals surface area contributed by atoms with Crippen LogP contribution < -0.4 is 4.72 Å². The van der Waals surface area contributed by atoms with E-state index in [0.717, 1.165) is 0 Å². The van der Waals surface area contributed by atoms with E-state index >= 15 is 0 Å². The lowest BCUT2D eigenvalue weighted by Crippen LogP contribution is -2.40. The third kappa shape index (κ3) is 4.22. The maximum Gasteiger partial charge on any atom is 0.228 e. The van der Waals surface area contributed by atoms with Crippen LogP contribution >= 0.6 is 0 Å². The fourth-order valence-corrected chi connectivity index (χ4v) is 1.71. The van der Waals surface area contributed by atoms with Crippen LogP contribution in [0.4, 0.5) is 0 Å². The van der Waals surface area contributed by atoms with Crippen molar-refractivity contribution >= 4 is 10.0 Å². The van der Waals surface area contributed by atoms with Crippen molar-refractivity contribution in [3.8, 4) is 6.07 Å². The third-order valence-corrected chi connectivity index (χ3v) is 3.20. The molecule has 0 aromatic carbocycles. The molecule has 0 rings (SSSR count). The number of nitrogens with zero attached hydrogens (tertiary/aromatic N) is 1. The Bertz CT molecular complexity index is 281. The smallest absolute Gasteiger partial charge is 0.228 e. The molecule has 6 heteroatoms. The summed E-state index contributed by atoms with van der Waals surface area (Å²) in [5.74, 6) is 0. The molecule has 1 N–H and O–H groups in total. The van der Waals surface area contributed by atoms with Crippen LogP contribution in [0.5, 0.6) is 0 Å². The van der Waals surface area contributed by atoms with Gasteiger partial charge in [0.1, 0.15) is 0 Å². The third-order valence-electron chi connectivity index (χ3n) is 1.43. The highest BCUT2D eigenvalue weighted by molar-refractivity contribution is 7.90. The fraction of sp³-hybridized carbons (Fsp3) is 0.857. The Morgan fingerprint density at radius 1 is 1.54 bits per heavy atom. The molecule has 0 aliphatic rings. The van der Waals surface area contributed by atoms with Gasteiger partial charge in [-0.25, -0.2) is 13.1 Å². The molecule has 13 heavy (non-hydrogen) atoms. The number of nitriles is 1. The van der Waals surface area contributed by atoms with Gasteiger partial charge in [-0.1, -0.05) is 0 Å². The highest BCUT2D eigenvalue weighted by Gasteiger charge is 2.21. The molecule has 0 aromatic heterocycles. The molecule has 0 fully saturated rings. The Morgan fingerprint density at radius 3 is 2.46 bits per heavy atom. The molecule has 2 atom stereocenters. The van der Waals surface area contributed by atoms with E-state index in [0.29, 0.717) is 0 Å². The first-order valence-electron chi connectivity index (χ1n) is 3.83. The Kier molecular flexibility index (Phi) is 4.91. The fourth-order valence-electron chi connectivity index (χ4n) is 0.736. The lowest BCUT2D eigenvalue weighted by molar-refractivity contribution is 0.180. The van der Waals surface area contributed by atoms with Gasteiger partial charge in [0.2, 0.25) is 10.0 Å². The Balaban J connectivity index is 4.28. The van der Waals surface area contributed by atoms with Crippen LogP contribution in [-0.4, -0.2) is 33.4 Å². The molecule has 0 radical (unpaired) electrons. The lowest BCUT2D eigenvalue weighted by atomic mass is 10.4. The first-order chi connectivity index (χ1) is 5.94. The van der Waals surface area contributed by atoms with Gasteiger partial charge in [0.25, 0.3) is 0 Å². The summed E-state index contributed by atoms with van der Waals surface area (Å²) in [6, 6.07) is 1.35. The monoisotopic (exact) mass is 206 g/mol. The molecule has 0 aliphatic heterocycles. The maximum atomic E-state index is 11.3. The van der Waals surface area contributed by atoms with Crippen LogP contribution in [0.1, 0.15) is 13.8 Å². The summed E-state index contributed by atoms with van der Waals surface area (Å²) in [4.78, 5) is 0. The van der Waals surface area contributed by atoms with Gasteiger partial charge in [0, 0.05) is 13.2 Å². The summed E-state index contributed by atoms with van der Waals surface area (Å²) >= 11 is 0. The van der Waals surface area contributed by atoms with Gasteiger partial charge in [0.15, 0.2) is 5.25 Å². The molecular formula is C7H14N2O3S.